The standard InChI is InChI=1S/C24H40O2/c1-23(2,3)15-9-5-7-11-19-13-14-21(25)22(26)20(19)12-8-6-10-16-24(4)17-18-24/h13-14,25-26H,5-12,15-18H2,1-4H3. The molecule has 2 heteroatoms. The van der Waals surface area contributed by atoms with E-state index in [1.54, 1.807) is 6.07 Å². The van der Waals surface area contributed by atoms with E-state index in [0.29, 0.717) is 10.8 Å². The van der Waals surface area contributed by atoms with E-state index in [2.05, 4.69) is 27.7 Å². The highest BCUT2D eigenvalue weighted by Gasteiger charge is 2.35. The first-order chi connectivity index (χ1) is 12.2. The van der Waals surface area contributed by atoms with Crippen LogP contribution >= 0.6 is 0 Å². The molecule has 148 valence electrons. The van der Waals surface area contributed by atoms with Crippen LogP contribution in [0.3, 0.4) is 0 Å². The second-order valence-electron chi connectivity index (χ2n) is 10.1. The van der Waals surface area contributed by atoms with Gasteiger partial charge in [0.1, 0.15) is 0 Å². The first-order valence-corrected chi connectivity index (χ1v) is 10.7. The number of hydrogen-bond acceptors (Lipinski definition) is 2. The summed E-state index contributed by atoms with van der Waals surface area (Å²) in [5.41, 5.74) is 3.27. The van der Waals surface area contributed by atoms with Gasteiger partial charge in [0.25, 0.3) is 0 Å². The summed E-state index contributed by atoms with van der Waals surface area (Å²) in [6.45, 7) is 9.29. The van der Waals surface area contributed by atoms with Gasteiger partial charge in [0.2, 0.25) is 0 Å². The van der Waals surface area contributed by atoms with Crippen LogP contribution in [0.2, 0.25) is 0 Å². The van der Waals surface area contributed by atoms with Crippen LogP contribution < -0.4 is 0 Å². The summed E-state index contributed by atoms with van der Waals surface area (Å²) >= 11 is 0. The minimum atomic E-state index is 0.0296. The van der Waals surface area contributed by atoms with Crippen molar-refractivity contribution in [2.24, 2.45) is 10.8 Å². The number of unbranched alkanes of at least 4 members (excludes halogenated alkanes) is 4. The summed E-state index contributed by atoms with van der Waals surface area (Å²) in [6, 6.07) is 3.66. The highest BCUT2D eigenvalue weighted by molar-refractivity contribution is 5.49. The molecule has 0 aromatic heterocycles. The van der Waals surface area contributed by atoms with Crippen LogP contribution in [0.4, 0.5) is 0 Å². The van der Waals surface area contributed by atoms with Crippen molar-refractivity contribution in [3.05, 3.63) is 23.3 Å². The fourth-order valence-electron chi connectivity index (χ4n) is 3.82. The van der Waals surface area contributed by atoms with Crippen molar-refractivity contribution in [3.63, 3.8) is 0 Å². The van der Waals surface area contributed by atoms with Crippen LogP contribution in [0.25, 0.3) is 0 Å². The molecule has 0 spiro atoms. The van der Waals surface area contributed by atoms with Gasteiger partial charge in [0.05, 0.1) is 0 Å². The summed E-state index contributed by atoms with van der Waals surface area (Å²) in [7, 11) is 0. The molecule has 1 saturated carbocycles. The Morgan fingerprint density at radius 1 is 0.885 bits per heavy atom. The zero-order valence-corrected chi connectivity index (χ0v) is 17.5. The van der Waals surface area contributed by atoms with E-state index in [9.17, 15) is 10.2 Å². The van der Waals surface area contributed by atoms with E-state index < -0.39 is 0 Å². The predicted octanol–water partition coefficient (Wildman–Crippen LogP) is 7.15. The zero-order chi connectivity index (χ0) is 19.2. The molecule has 0 aliphatic heterocycles. The summed E-state index contributed by atoms with van der Waals surface area (Å²) < 4.78 is 0. The van der Waals surface area contributed by atoms with Crippen molar-refractivity contribution in [2.75, 3.05) is 0 Å². The predicted molar refractivity (Wildman–Crippen MR) is 111 cm³/mol. The van der Waals surface area contributed by atoms with Crippen LogP contribution in [0.5, 0.6) is 11.5 Å². The Morgan fingerprint density at radius 3 is 2.19 bits per heavy atom. The molecule has 0 heterocycles. The Labute approximate surface area is 161 Å². The molecule has 1 aromatic rings. The Kier molecular flexibility index (Phi) is 7.43. The van der Waals surface area contributed by atoms with Crippen molar-refractivity contribution >= 4 is 0 Å². The third kappa shape index (κ3) is 7.21. The van der Waals surface area contributed by atoms with Gasteiger partial charge in [-0.3, -0.25) is 0 Å². The van der Waals surface area contributed by atoms with Crippen LogP contribution in [0.1, 0.15) is 103 Å². The van der Waals surface area contributed by atoms with Gasteiger partial charge in [0.15, 0.2) is 11.5 Å². The molecule has 0 radical (unpaired) electrons. The molecule has 0 atom stereocenters. The van der Waals surface area contributed by atoms with E-state index in [1.165, 1.54) is 56.9 Å². The van der Waals surface area contributed by atoms with Gasteiger partial charge in [-0.25, -0.2) is 0 Å². The Morgan fingerprint density at radius 2 is 1.54 bits per heavy atom. The lowest BCUT2D eigenvalue weighted by Crippen LogP contribution is -2.04. The maximum absolute atomic E-state index is 10.3. The lowest BCUT2D eigenvalue weighted by Gasteiger charge is -2.17. The van der Waals surface area contributed by atoms with Gasteiger partial charge in [-0.05, 0) is 73.8 Å². The lowest BCUT2D eigenvalue weighted by molar-refractivity contribution is 0.358. The van der Waals surface area contributed by atoms with Crippen molar-refractivity contribution < 1.29 is 10.2 Å². The second kappa shape index (κ2) is 9.15. The maximum Gasteiger partial charge on any atom is 0.160 e. The van der Waals surface area contributed by atoms with Gasteiger partial charge in [0, 0.05) is 5.56 Å². The largest absolute Gasteiger partial charge is 0.504 e. The number of phenols is 2. The molecule has 0 bridgehead atoms. The molecule has 26 heavy (non-hydrogen) atoms. The minimum absolute atomic E-state index is 0.0296. The third-order valence-corrected chi connectivity index (χ3v) is 6.04. The second-order valence-corrected chi connectivity index (χ2v) is 10.1. The summed E-state index contributed by atoms with van der Waals surface area (Å²) in [5.74, 6) is 0.147. The molecular formula is C24H40O2. The number of aryl methyl sites for hydroxylation is 1. The molecule has 1 aromatic carbocycles. The average Bonchev–Trinajstić information content (AvgIpc) is 3.29. The van der Waals surface area contributed by atoms with Crippen molar-refractivity contribution in [1.29, 1.82) is 0 Å². The topological polar surface area (TPSA) is 40.5 Å². The summed E-state index contributed by atoms with van der Waals surface area (Å²) in [4.78, 5) is 0. The Balaban J connectivity index is 1.79. The minimum Gasteiger partial charge on any atom is -0.504 e. The van der Waals surface area contributed by atoms with Crippen LogP contribution in [0, 0.1) is 10.8 Å². The SMILES string of the molecule is CC(C)(C)CCCCCc1ccc(O)c(O)c1CCCCCC1(C)CC1. The van der Waals surface area contributed by atoms with Crippen LogP contribution in [-0.4, -0.2) is 10.2 Å². The fraction of sp³-hybridized carbons (Fsp3) is 0.750. The Bertz CT molecular complexity index is 564. The molecule has 2 nitrogen and oxygen atoms in total. The highest BCUT2D eigenvalue weighted by atomic mass is 16.3. The molecule has 1 aliphatic carbocycles. The van der Waals surface area contributed by atoms with E-state index in [-0.39, 0.29) is 11.5 Å². The van der Waals surface area contributed by atoms with E-state index in [0.717, 1.165) is 31.2 Å². The van der Waals surface area contributed by atoms with Crippen LogP contribution in [-0.2, 0) is 12.8 Å². The zero-order valence-electron chi connectivity index (χ0n) is 17.5. The summed E-state index contributed by atoms with van der Waals surface area (Å²) in [6.07, 6.45) is 14.6. The van der Waals surface area contributed by atoms with Gasteiger partial charge in [-0.1, -0.05) is 59.4 Å². The Hall–Kier alpha value is -1.18. The fourth-order valence-corrected chi connectivity index (χ4v) is 3.82. The molecule has 1 aliphatic rings. The number of rotatable bonds is 11. The van der Waals surface area contributed by atoms with Gasteiger partial charge in [-0.15, -0.1) is 0 Å². The number of benzene rings is 1. The third-order valence-electron chi connectivity index (χ3n) is 6.04. The highest BCUT2D eigenvalue weighted by Crippen LogP contribution is 2.49. The van der Waals surface area contributed by atoms with E-state index in [4.69, 9.17) is 0 Å². The molecule has 2 N–H and O–H groups in total. The number of phenolic OH excluding ortho intramolecular Hbond substituents is 2. The maximum atomic E-state index is 10.3. The summed E-state index contributed by atoms with van der Waals surface area (Å²) in [5, 5.41) is 20.2. The number of hydrogen-bond donors (Lipinski definition) is 2. The molecule has 0 unspecified atom stereocenters. The quantitative estimate of drug-likeness (QED) is 0.325. The monoisotopic (exact) mass is 360 g/mol. The van der Waals surface area contributed by atoms with Crippen molar-refractivity contribution in [2.45, 2.75) is 105 Å². The lowest BCUT2D eigenvalue weighted by atomic mass is 9.89. The van der Waals surface area contributed by atoms with E-state index >= 15 is 0 Å². The van der Waals surface area contributed by atoms with Gasteiger partial charge in [-0.2, -0.15) is 0 Å². The molecule has 1 fully saturated rings. The first kappa shape index (κ1) is 21.1. The molecule has 0 amide bonds. The average molecular weight is 361 g/mol. The van der Waals surface area contributed by atoms with Crippen LogP contribution in [0.15, 0.2) is 12.1 Å². The van der Waals surface area contributed by atoms with Crippen molar-refractivity contribution in [1.82, 2.24) is 0 Å². The number of aromatic hydroxyl groups is 2. The van der Waals surface area contributed by atoms with E-state index in [1.807, 2.05) is 6.07 Å². The van der Waals surface area contributed by atoms with Crippen molar-refractivity contribution in [3.8, 4) is 11.5 Å². The van der Waals surface area contributed by atoms with Gasteiger partial charge < -0.3 is 10.2 Å². The van der Waals surface area contributed by atoms with Gasteiger partial charge >= 0.3 is 0 Å². The molecule has 2 rings (SSSR count). The normalized spacial score (nSPS) is 16.0. The molecular weight excluding hydrogens is 320 g/mol. The smallest absolute Gasteiger partial charge is 0.160 e. The first-order valence-electron chi connectivity index (χ1n) is 10.7. The molecule has 0 saturated heterocycles.